The zero-order valence-electron chi connectivity index (χ0n) is 8.71. The van der Waals surface area contributed by atoms with Crippen molar-refractivity contribution in [2.45, 2.75) is 25.2 Å². The highest BCUT2D eigenvalue weighted by Crippen LogP contribution is 2.35. The molecular formula is C11H12O5. The number of allylic oxidation sites excluding steroid dienone is 1. The van der Waals surface area contributed by atoms with Gasteiger partial charge in [0, 0.05) is 0 Å². The molecule has 5 nitrogen and oxygen atoms in total. The molecule has 0 amide bonds. The summed E-state index contributed by atoms with van der Waals surface area (Å²) in [5.74, 6) is -0.517. The number of hydrogen-bond acceptors (Lipinski definition) is 5. The molecule has 0 bridgehead atoms. The first-order valence-corrected chi connectivity index (χ1v) is 4.87. The van der Waals surface area contributed by atoms with E-state index in [2.05, 4.69) is 6.58 Å². The lowest BCUT2D eigenvalue weighted by molar-refractivity contribution is -0.135. The molecule has 0 fully saturated rings. The number of carbonyl (C=O) groups is 1. The lowest BCUT2D eigenvalue weighted by Gasteiger charge is -2.30. The van der Waals surface area contributed by atoms with Gasteiger partial charge in [0.2, 0.25) is 0 Å². The van der Waals surface area contributed by atoms with Crippen LogP contribution in [0.25, 0.3) is 0 Å². The van der Waals surface area contributed by atoms with E-state index >= 15 is 0 Å². The minimum absolute atomic E-state index is 0.0572. The Bertz CT molecular complexity index is 407. The molecule has 3 atom stereocenters. The standard InChI is InChI=1S/C11H12O5/c1-3-4-6-8(12)9(13)7-10(16-6)5(2)15-11(7)14/h3-4,6,8-9,12-13H,2H2,1H3/b4-3+. The number of ether oxygens (including phenoxy) is 2. The normalized spacial score (nSPS) is 34.1. The molecule has 3 unspecified atom stereocenters. The van der Waals surface area contributed by atoms with Gasteiger partial charge >= 0.3 is 5.97 Å². The first-order chi connectivity index (χ1) is 7.56. The second-order valence-electron chi connectivity index (χ2n) is 3.60. The van der Waals surface area contributed by atoms with E-state index in [4.69, 9.17) is 9.47 Å². The maximum absolute atomic E-state index is 11.3. The third-order valence-corrected chi connectivity index (χ3v) is 2.53. The minimum atomic E-state index is -1.31. The Morgan fingerprint density at radius 3 is 2.75 bits per heavy atom. The molecule has 0 aromatic heterocycles. The van der Waals surface area contributed by atoms with Crippen molar-refractivity contribution in [2.75, 3.05) is 0 Å². The molecule has 0 saturated heterocycles. The van der Waals surface area contributed by atoms with Crippen molar-refractivity contribution in [1.29, 1.82) is 0 Å². The fraction of sp³-hybridized carbons (Fsp3) is 0.364. The van der Waals surface area contributed by atoms with E-state index < -0.39 is 24.3 Å². The van der Waals surface area contributed by atoms with Crippen LogP contribution in [0.5, 0.6) is 0 Å². The van der Waals surface area contributed by atoms with Gasteiger partial charge in [0.15, 0.2) is 11.5 Å². The van der Waals surface area contributed by atoms with Crippen LogP contribution in [0.2, 0.25) is 0 Å². The Morgan fingerprint density at radius 1 is 1.44 bits per heavy atom. The Balaban J connectivity index is 2.40. The quantitative estimate of drug-likeness (QED) is 0.484. The van der Waals surface area contributed by atoms with Gasteiger partial charge in [-0.2, -0.15) is 0 Å². The lowest BCUT2D eigenvalue weighted by Crippen LogP contribution is -2.43. The highest BCUT2D eigenvalue weighted by molar-refractivity contribution is 5.95. The molecule has 0 spiro atoms. The van der Waals surface area contributed by atoms with Crippen molar-refractivity contribution >= 4 is 5.97 Å². The fourth-order valence-electron chi connectivity index (χ4n) is 1.74. The summed E-state index contributed by atoms with van der Waals surface area (Å²) in [6.45, 7) is 5.26. The maximum Gasteiger partial charge on any atom is 0.346 e. The number of esters is 1. The first-order valence-electron chi connectivity index (χ1n) is 4.87. The van der Waals surface area contributed by atoms with Gasteiger partial charge in [-0.15, -0.1) is 0 Å². The first kappa shape index (κ1) is 10.9. The van der Waals surface area contributed by atoms with Gasteiger partial charge in [-0.1, -0.05) is 12.7 Å². The number of hydrogen-bond donors (Lipinski definition) is 2. The number of carbonyl (C=O) groups excluding carboxylic acids is 1. The van der Waals surface area contributed by atoms with Crippen molar-refractivity contribution in [2.24, 2.45) is 0 Å². The summed E-state index contributed by atoms with van der Waals surface area (Å²) in [5, 5.41) is 19.5. The SMILES string of the molecule is C=C1OC(=O)C2=C1OC(/C=C/C)C(O)C2O. The highest BCUT2D eigenvalue weighted by Gasteiger charge is 2.45. The molecule has 2 N–H and O–H groups in total. The number of rotatable bonds is 1. The predicted octanol–water partition coefficient (Wildman–Crippen LogP) is 0.00770. The summed E-state index contributed by atoms with van der Waals surface area (Å²) in [6.07, 6.45) is 0.0791. The van der Waals surface area contributed by atoms with E-state index in [9.17, 15) is 15.0 Å². The Hall–Kier alpha value is -1.59. The molecule has 5 heteroatoms. The van der Waals surface area contributed by atoms with Gasteiger partial charge < -0.3 is 19.7 Å². The third-order valence-electron chi connectivity index (χ3n) is 2.53. The van der Waals surface area contributed by atoms with E-state index in [1.807, 2.05) is 0 Å². The predicted molar refractivity (Wildman–Crippen MR) is 54.0 cm³/mol. The van der Waals surface area contributed by atoms with Crippen LogP contribution in [-0.4, -0.2) is 34.5 Å². The molecule has 86 valence electrons. The molecule has 2 heterocycles. The zero-order valence-corrected chi connectivity index (χ0v) is 8.71. The summed E-state index contributed by atoms with van der Waals surface area (Å²) < 4.78 is 10.1. The van der Waals surface area contributed by atoms with Crippen LogP contribution >= 0.6 is 0 Å². The molecule has 16 heavy (non-hydrogen) atoms. The Kier molecular flexibility index (Phi) is 2.57. The Labute approximate surface area is 92.3 Å². The minimum Gasteiger partial charge on any atom is -0.479 e. The zero-order chi connectivity index (χ0) is 11.9. The van der Waals surface area contributed by atoms with Crippen LogP contribution in [-0.2, 0) is 14.3 Å². The van der Waals surface area contributed by atoms with Gasteiger partial charge in [-0.3, -0.25) is 0 Å². The van der Waals surface area contributed by atoms with E-state index in [1.165, 1.54) is 0 Å². The van der Waals surface area contributed by atoms with Crippen molar-refractivity contribution in [1.82, 2.24) is 0 Å². The molecular weight excluding hydrogens is 212 g/mol. The van der Waals surface area contributed by atoms with Gasteiger partial charge in [0.05, 0.1) is 0 Å². The van der Waals surface area contributed by atoms with Gasteiger partial charge in [-0.25, -0.2) is 4.79 Å². The molecule has 0 aromatic rings. The summed E-state index contributed by atoms with van der Waals surface area (Å²) in [6, 6.07) is 0. The van der Waals surface area contributed by atoms with Crippen molar-refractivity contribution in [3.05, 3.63) is 35.8 Å². The molecule has 2 aliphatic heterocycles. The second kappa shape index (κ2) is 3.77. The maximum atomic E-state index is 11.3. The second-order valence-corrected chi connectivity index (χ2v) is 3.60. The van der Waals surface area contributed by atoms with Crippen LogP contribution in [0.3, 0.4) is 0 Å². The molecule has 2 aliphatic rings. The lowest BCUT2D eigenvalue weighted by atomic mass is 9.96. The molecule has 0 aliphatic carbocycles. The molecule has 2 rings (SSSR count). The number of aliphatic hydroxyl groups is 2. The van der Waals surface area contributed by atoms with E-state index in [0.29, 0.717) is 0 Å². The topological polar surface area (TPSA) is 76.0 Å². The van der Waals surface area contributed by atoms with Crippen LogP contribution < -0.4 is 0 Å². The average Bonchev–Trinajstić information content (AvgIpc) is 2.50. The Morgan fingerprint density at radius 2 is 2.12 bits per heavy atom. The smallest absolute Gasteiger partial charge is 0.346 e. The van der Waals surface area contributed by atoms with Crippen LogP contribution in [0.4, 0.5) is 0 Å². The van der Waals surface area contributed by atoms with E-state index in [-0.39, 0.29) is 17.1 Å². The molecule has 0 saturated carbocycles. The number of cyclic esters (lactones) is 1. The third kappa shape index (κ3) is 1.45. The van der Waals surface area contributed by atoms with Crippen molar-refractivity contribution < 1.29 is 24.5 Å². The number of aliphatic hydroxyl groups excluding tert-OH is 2. The van der Waals surface area contributed by atoms with Crippen LogP contribution in [0, 0.1) is 0 Å². The van der Waals surface area contributed by atoms with Gasteiger partial charge in [0.25, 0.3) is 0 Å². The molecule has 0 aromatic carbocycles. The fourth-order valence-corrected chi connectivity index (χ4v) is 1.74. The summed E-state index contributed by atoms with van der Waals surface area (Å²) >= 11 is 0. The van der Waals surface area contributed by atoms with Crippen LogP contribution in [0.15, 0.2) is 35.8 Å². The van der Waals surface area contributed by atoms with Crippen molar-refractivity contribution in [3.63, 3.8) is 0 Å². The summed E-state index contributed by atoms with van der Waals surface area (Å²) in [4.78, 5) is 11.3. The van der Waals surface area contributed by atoms with Gasteiger partial charge in [0.1, 0.15) is 23.9 Å². The summed E-state index contributed by atoms with van der Waals surface area (Å²) in [5.41, 5.74) is -0.0572. The van der Waals surface area contributed by atoms with Gasteiger partial charge in [-0.05, 0) is 13.0 Å². The van der Waals surface area contributed by atoms with Crippen molar-refractivity contribution in [3.8, 4) is 0 Å². The van der Waals surface area contributed by atoms with E-state index in [0.717, 1.165) is 0 Å². The summed E-state index contributed by atoms with van der Waals surface area (Å²) in [7, 11) is 0. The van der Waals surface area contributed by atoms with E-state index in [1.54, 1.807) is 19.1 Å². The largest absolute Gasteiger partial charge is 0.479 e. The highest BCUT2D eigenvalue weighted by atomic mass is 16.6. The average molecular weight is 224 g/mol. The molecule has 0 radical (unpaired) electrons. The van der Waals surface area contributed by atoms with Crippen LogP contribution in [0.1, 0.15) is 6.92 Å². The monoisotopic (exact) mass is 224 g/mol.